The van der Waals surface area contributed by atoms with Crippen molar-refractivity contribution in [3.63, 3.8) is 0 Å². The Bertz CT molecular complexity index is 1060. The monoisotopic (exact) mass is 382 g/mol. The first-order valence-electron chi connectivity index (χ1n) is 9.90. The molecular formula is C21H26N4O3. The smallest absolute Gasteiger partial charge is 0.291 e. The maximum absolute atomic E-state index is 13.0. The second-order valence-electron chi connectivity index (χ2n) is 7.85. The maximum Gasteiger partial charge on any atom is 0.291 e. The molecule has 2 aromatic heterocycles. The maximum atomic E-state index is 13.0. The summed E-state index contributed by atoms with van der Waals surface area (Å²) in [5, 5.41) is 8.58. The summed E-state index contributed by atoms with van der Waals surface area (Å²) in [5.74, 6) is 0.987. The molecule has 7 nitrogen and oxygen atoms in total. The van der Waals surface area contributed by atoms with E-state index in [4.69, 9.17) is 4.74 Å². The van der Waals surface area contributed by atoms with Gasteiger partial charge in [0.05, 0.1) is 5.52 Å². The van der Waals surface area contributed by atoms with Gasteiger partial charge in [0.2, 0.25) is 5.91 Å². The van der Waals surface area contributed by atoms with Crippen molar-refractivity contribution < 1.29 is 9.53 Å². The lowest BCUT2D eigenvalue weighted by Crippen LogP contribution is -2.42. The number of benzene rings is 1. The molecule has 1 fully saturated rings. The van der Waals surface area contributed by atoms with Crippen molar-refractivity contribution in [2.75, 3.05) is 13.2 Å². The van der Waals surface area contributed by atoms with Gasteiger partial charge in [0, 0.05) is 31.1 Å². The van der Waals surface area contributed by atoms with Gasteiger partial charge in [-0.15, -0.1) is 0 Å². The van der Waals surface area contributed by atoms with Crippen molar-refractivity contribution in [1.29, 1.82) is 0 Å². The van der Waals surface area contributed by atoms with E-state index < -0.39 is 0 Å². The fourth-order valence-corrected chi connectivity index (χ4v) is 3.81. The van der Waals surface area contributed by atoms with E-state index in [0.29, 0.717) is 24.6 Å². The molecule has 3 aromatic rings. The Labute approximate surface area is 163 Å². The normalized spacial score (nSPS) is 15.5. The zero-order chi connectivity index (χ0) is 19.7. The van der Waals surface area contributed by atoms with Crippen LogP contribution in [0.15, 0.2) is 35.1 Å². The number of amides is 1. The minimum absolute atomic E-state index is 0.0701. The second kappa shape index (κ2) is 7.75. The van der Waals surface area contributed by atoms with E-state index in [1.54, 1.807) is 0 Å². The molecule has 4 rings (SSSR count). The molecule has 3 heterocycles. The van der Waals surface area contributed by atoms with Gasteiger partial charge >= 0.3 is 0 Å². The van der Waals surface area contributed by atoms with Crippen LogP contribution < -0.4 is 10.9 Å². The highest BCUT2D eigenvalue weighted by atomic mass is 16.5. The molecule has 1 aromatic carbocycles. The number of carbonyl (C=O) groups excluding carboxylic acids is 1. The van der Waals surface area contributed by atoms with Gasteiger partial charge < -0.3 is 10.1 Å². The predicted octanol–water partition coefficient (Wildman–Crippen LogP) is 2.14. The van der Waals surface area contributed by atoms with Crippen LogP contribution >= 0.6 is 0 Å². The highest BCUT2D eigenvalue weighted by molar-refractivity contribution is 5.87. The Balaban J connectivity index is 1.72. The number of nitrogens with one attached hydrogen (secondary N) is 1. The summed E-state index contributed by atoms with van der Waals surface area (Å²) in [5.41, 5.74) is 1.29. The molecule has 1 N–H and O–H groups in total. The van der Waals surface area contributed by atoms with Crippen LogP contribution in [0.3, 0.4) is 0 Å². The zero-order valence-corrected chi connectivity index (χ0v) is 16.4. The highest BCUT2D eigenvalue weighted by Gasteiger charge is 2.19. The molecule has 0 unspecified atom stereocenters. The molecule has 0 spiro atoms. The van der Waals surface area contributed by atoms with E-state index in [9.17, 15) is 9.59 Å². The largest absolute Gasteiger partial charge is 0.381 e. The molecule has 1 aliphatic heterocycles. The molecule has 0 atom stereocenters. The first kappa shape index (κ1) is 18.7. The highest BCUT2D eigenvalue weighted by Crippen LogP contribution is 2.20. The van der Waals surface area contributed by atoms with Crippen molar-refractivity contribution in [2.45, 2.75) is 45.7 Å². The third kappa shape index (κ3) is 3.67. The van der Waals surface area contributed by atoms with Crippen LogP contribution in [-0.4, -0.2) is 39.3 Å². The Kier molecular flexibility index (Phi) is 5.17. The number of hydrogen-bond donors (Lipinski definition) is 1. The molecule has 1 saturated heterocycles. The SMILES string of the molecule is CC(C)Cc1nn(CC(=O)NC2CCOCC2)c(=O)c2cc3ccccc3n12. The molecular weight excluding hydrogens is 356 g/mol. The standard InChI is InChI=1S/C21H26N4O3/c1-14(2)11-19-23-24(13-20(26)22-16-7-9-28-10-8-16)21(27)18-12-15-5-3-4-6-17(15)25(18)19/h3-6,12,14,16H,7-11,13H2,1-2H3,(H,22,26). The van der Waals surface area contributed by atoms with Crippen molar-refractivity contribution in [3.8, 4) is 0 Å². The number of nitrogens with zero attached hydrogens (tertiary/aromatic N) is 3. The van der Waals surface area contributed by atoms with Crippen LogP contribution in [0.1, 0.15) is 32.5 Å². The Morgan fingerprint density at radius 1 is 1.25 bits per heavy atom. The zero-order valence-electron chi connectivity index (χ0n) is 16.4. The van der Waals surface area contributed by atoms with Crippen molar-refractivity contribution >= 4 is 22.3 Å². The van der Waals surface area contributed by atoms with Gasteiger partial charge in [0.1, 0.15) is 17.9 Å². The van der Waals surface area contributed by atoms with E-state index >= 15 is 0 Å². The number of fused-ring (bicyclic) bond motifs is 3. The van der Waals surface area contributed by atoms with Crippen LogP contribution in [0.4, 0.5) is 0 Å². The minimum atomic E-state index is -0.245. The molecule has 28 heavy (non-hydrogen) atoms. The number of carbonyl (C=O) groups is 1. The van der Waals surface area contributed by atoms with Crippen molar-refractivity contribution in [2.24, 2.45) is 5.92 Å². The average Bonchev–Trinajstić information content (AvgIpc) is 3.06. The third-order valence-corrected chi connectivity index (χ3v) is 5.13. The summed E-state index contributed by atoms with van der Waals surface area (Å²) >= 11 is 0. The van der Waals surface area contributed by atoms with Crippen molar-refractivity contribution in [1.82, 2.24) is 19.5 Å². The Hall–Kier alpha value is -2.67. The average molecular weight is 382 g/mol. The van der Waals surface area contributed by atoms with E-state index in [-0.39, 0.29) is 24.1 Å². The number of para-hydroxylation sites is 1. The van der Waals surface area contributed by atoms with Gasteiger partial charge in [0.25, 0.3) is 5.56 Å². The van der Waals surface area contributed by atoms with Gasteiger partial charge in [0.15, 0.2) is 0 Å². The molecule has 0 saturated carbocycles. The topological polar surface area (TPSA) is 77.6 Å². The summed E-state index contributed by atoms with van der Waals surface area (Å²) in [6.45, 7) is 5.48. The van der Waals surface area contributed by atoms with Gasteiger partial charge in [-0.2, -0.15) is 5.10 Å². The number of aromatic nitrogens is 3. The molecule has 0 bridgehead atoms. The van der Waals surface area contributed by atoms with Crippen LogP contribution in [0.5, 0.6) is 0 Å². The molecule has 0 radical (unpaired) electrons. The summed E-state index contributed by atoms with van der Waals surface area (Å²) in [6.07, 6.45) is 2.32. The van der Waals surface area contributed by atoms with Crippen LogP contribution in [0, 0.1) is 5.92 Å². The van der Waals surface area contributed by atoms with Gasteiger partial charge in [-0.25, -0.2) is 4.68 Å². The third-order valence-electron chi connectivity index (χ3n) is 5.13. The summed E-state index contributed by atoms with van der Waals surface area (Å²) in [4.78, 5) is 25.6. The second-order valence-corrected chi connectivity index (χ2v) is 7.85. The van der Waals surface area contributed by atoms with Crippen LogP contribution in [0.2, 0.25) is 0 Å². The first-order valence-corrected chi connectivity index (χ1v) is 9.90. The van der Waals surface area contributed by atoms with E-state index in [2.05, 4.69) is 24.3 Å². The molecule has 1 aliphatic rings. The Morgan fingerprint density at radius 2 is 2.00 bits per heavy atom. The fourth-order valence-electron chi connectivity index (χ4n) is 3.81. The number of ether oxygens (including phenoxy) is 1. The lowest BCUT2D eigenvalue weighted by Gasteiger charge is -2.23. The number of rotatable bonds is 5. The molecule has 1 amide bonds. The lowest BCUT2D eigenvalue weighted by atomic mass is 10.1. The quantitative estimate of drug-likeness (QED) is 0.733. The minimum Gasteiger partial charge on any atom is -0.381 e. The fraction of sp³-hybridized carbons (Fsp3) is 0.476. The summed E-state index contributed by atoms with van der Waals surface area (Å²) < 4.78 is 8.57. The molecule has 0 aliphatic carbocycles. The van der Waals surface area contributed by atoms with Gasteiger partial charge in [-0.1, -0.05) is 32.0 Å². The van der Waals surface area contributed by atoms with Gasteiger partial charge in [-0.05, 0) is 30.9 Å². The van der Waals surface area contributed by atoms with Gasteiger partial charge in [-0.3, -0.25) is 14.0 Å². The molecule has 148 valence electrons. The van der Waals surface area contributed by atoms with Crippen LogP contribution in [0.25, 0.3) is 16.4 Å². The predicted molar refractivity (Wildman–Crippen MR) is 107 cm³/mol. The number of hydrogen-bond acceptors (Lipinski definition) is 4. The van der Waals surface area contributed by atoms with E-state index in [1.165, 1.54) is 4.68 Å². The Morgan fingerprint density at radius 3 is 2.75 bits per heavy atom. The van der Waals surface area contributed by atoms with E-state index in [1.807, 2.05) is 34.7 Å². The molecule has 7 heteroatoms. The summed E-state index contributed by atoms with van der Waals surface area (Å²) in [7, 11) is 0. The van der Waals surface area contributed by atoms with Crippen molar-refractivity contribution in [3.05, 3.63) is 46.5 Å². The first-order chi connectivity index (χ1) is 13.5. The van der Waals surface area contributed by atoms with E-state index in [0.717, 1.165) is 36.0 Å². The van der Waals surface area contributed by atoms with Crippen LogP contribution in [-0.2, 0) is 22.5 Å². The summed E-state index contributed by atoms with van der Waals surface area (Å²) in [6, 6.07) is 9.89. The lowest BCUT2D eigenvalue weighted by molar-refractivity contribution is -0.123.